The van der Waals surface area contributed by atoms with Gasteiger partial charge in [-0.3, -0.25) is 4.98 Å². The SMILES string of the molecule is Cc1ccc([C@@H]2CCCCN2C(=O)OC(C)(C)C)cn1. The first-order chi connectivity index (χ1) is 9.37. The molecule has 110 valence electrons. The number of amides is 1. The summed E-state index contributed by atoms with van der Waals surface area (Å²) in [6.45, 7) is 8.43. The molecule has 2 heterocycles. The number of hydrogen-bond donors (Lipinski definition) is 0. The first-order valence-electron chi connectivity index (χ1n) is 7.29. The van der Waals surface area contributed by atoms with E-state index in [1.807, 2.05) is 44.9 Å². The van der Waals surface area contributed by atoms with E-state index in [2.05, 4.69) is 11.1 Å². The third kappa shape index (κ3) is 3.71. The molecule has 1 aliphatic rings. The van der Waals surface area contributed by atoms with Crippen LogP contribution in [0, 0.1) is 6.92 Å². The summed E-state index contributed by atoms with van der Waals surface area (Å²) in [5, 5.41) is 0. The normalized spacial score (nSPS) is 19.8. The summed E-state index contributed by atoms with van der Waals surface area (Å²) in [5.41, 5.74) is 1.64. The lowest BCUT2D eigenvalue weighted by atomic mass is 9.97. The van der Waals surface area contributed by atoms with Crippen LogP contribution >= 0.6 is 0 Å². The van der Waals surface area contributed by atoms with Crippen LogP contribution in [0.3, 0.4) is 0 Å². The molecule has 1 amide bonds. The van der Waals surface area contributed by atoms with Crippen LogP contribution in [0.25, 0.3) is 0 Å². The third-order valence-corrected chi connectivity index (χ3v) is 3.45. The number of rotatable bonds is 1. The maximum absolute atomic E-state index is 12.3. The molecule has 1 saturated heterocycles. The topological polar surface area (TPSA) is 42.4 Å². The van der Waals surface area contributed by atoms with Crippen molar-refractivity contribution in [1.29, 1.82) is 0 Å². The number of hydrogen-bond acceptors (Lipinski definition) is 3. The van der Waals surface area contributed by atoms with Gasteiger partial charge in [-0.1, -0.05) is 6.07 Å². The first-order valence-corrected chi connectivity index (χ1v) is 7.29. The number of carbonyl (C=O) groups is 1. The lowest BCUT2D eigenvalue weighted by Gasteiger charge is -2.36. The van der Waals surface area contributed by atoms with Crippen LogP contribution in [0.2, 0.25) is 0 Å². The monoisotopic (exact) mass is 276 g/mol. The highest BCUT2D eigenvalue weighted by Gasteiger charge is 2.31. The van der Waals surface area contributed by atoms with E-state index < -0.39 is 5.60 Å². The van der Waals surface area contributed by atoms with Gasteiger partial charge in [-0.25, -0.2) is 4.79 Å². The maximum atomic E-state index is 12.3. The molecule has 0 unspecified atom stereocenters. The minimum absolute atomic E-state index is 0.0895. The number of nitrogens with zero attached hydrogens (tertiary/aromatic N) is 2. The van der Waals surface area contributed by atoms with Gasteiger partial charge in [-0.2, -0.15) is 0 Å². The fourth-order valence-electron chi connectivity index (χ4n) is 2.49. The quantitative estimate of drug-likeness (QED) is 0.782. The van der Waals surface area contributed by atoms with Gasteiger partial charge in [0.1, 0.15) is 5.60 Å². The molecule has 1 aliphatic heterocycles. The van der Waals surface area contributed by atoms with Crippen LogP contribution in [-0.4, -0.2) is 28.1 Å². The van der Waals surface area contributed by atoms with Crippen molar-refractivity contribution in [3.05, 3.63) is 29.6 Å². The molecule has 0 N–H and O–H groups in total. The summed E-state index contributed by atoms with van der Waals surface area (Å²) >= 11 is 0. The van der Waals surface area contributed by atoms with Crippen LogP contribution in [0.5, 0.6) is 0 Å². The predicted octanol–water partition coefficient (Wildman–Crippen LogP) is 3.85. The molecular weight excluding hydrogens is 252 g/mol. The van der Waals surface area contributed by atoms with E-state index in [1.165, 1.54) is 0 Å². The van der Waals surface area contributed by atoms with Gasteiger partial charge in [0.05, 0.1) is 6.04 Å². The summed E-state index contributed by atoms with van der Waals surface area (Å²) in [4.78, 5) is 18.5. The van der Waals surface area contributed by atoms with E-state index >= 15 is 0 Å². The Morgan fingerprint density at radius 3 is 2.70 bits per heavy atom. The fraction of sp³-hybridized carbons (Fsp3) is 0.625. The highest BCUT2D eigenvalue weighted by atomic mass is 16.6. The Bertz CT molecular complexity index is 462. The minimum Gasteiger partial charge on any atom is -0.444 e. The number of likely N-dealkylation sites (tertiary alicyclic amines) is 1. The van der Waals surface area contributed by atoms with Crippen LogP contribution in [-0.2, 0) is 4.74 Å². The molecule has 0 saturated carbocycles. The molecule has 4 heteroatoms. The second-order valence-corrected chi connectivity index (χ2v) is 6.42. The Morgan fingerprint density at radius 2 is 2.10 bits per heavy atom. The number of piperidine rings is 1. The van der Waals surface area contributed by atoms with E-state index in [0.29, 0.717) is 0 Å². The number of ether oxygens (including phenoxy) is 1. The zero-order valence-electron chi connectivity index (χ0n) is 12.8. The largest absolute Gasteiger partial charge is 0.444 e. The first kappa shape index (κ1) is 14.8. The molecule has 1 atom stereocenters. The highest BCUT2D eigenvalue weighted by Crippen LogP contribution is 2.31. The summed E-state index contributed by atoms with van der Waals surface area (Å²) in [6.07, 6.45) is 4.81. The van der Waals surface area contributed by atoms with Crippen LogP contribution in [0.15, 0.2) is 18.3 Å². The summed E-state index contributed by atoms with van der Waals surface area (Å²) in [5.74, 6) is 0. The number of aromatic nitrogens is 1. The molecule has 0 aromatic carbocycles. The Kier molecular flexibility index (Phi) is 4.31. The molecular formula is C16H24N2O2. The van der Waals surface area contributed by atoms with E-state index in [1.54, 1.807) is 0 Å². The van der Waals surface area contributed by atoms with Crippen molar-refractivity contribution in [3.8, 4) is 0 Å². The Morgan fingerprint density at radius 1 is 1.35 bits per heavy atom. The van der Waals surface area contributed by atoms with E-state index in [4.69, 9.17) is 4.74 Å². The van der Waals surface area contributed by atoms with Gasteiger partial charge < -0.3 is 9.64 Å². The van der Waals surface area contributed by atoms with Crippen LogP contribution in [0.1, 0.15) is 57.3 Å². The van der Waals surface area contributed by atoms with Gasteiger partial charge in [0.2, 0.25) is 0 Å². The van der Waals surface area contributed by atoms with Gasteiger partial charge >= 0.3 is 6.09 Å². The van der Waals surface area contributed by atoms with Crippen LogP contribution in [0.4, 0.5) is 4.79 Å². The van der Waals surface area contributed by atoms with Gasteiger partial charge in [0.15, 0.2) is 0 Å². The number of aryl methyl sites for hydroxylation is 1. The molecule has 4 nitrogen and oxygen atoms in total. The van der Waals surface area contributed by atoms with Gasteiger partial charge in [0, 0.05) is 18.4 Å². The molecule has 20 heavy (non-hydrogen) atoms. The number of pyridine rings is 1. The van der Waals surface area contributed by atoms with Gasteiger partial charge in [-0.05, 0) is 58.6 Å². The predicted molar refractivity (Wildman–Crippen MR) is 78.5 cm³/mol. The van der Waals surface area contributed by atoms with E-state index in [0.717, 1.165) is 37.1 Å². The summed E-state index contributed by atoms with van der Waals surface area (Å²) < 4.78 is 5.52. The second kappa shape index (κ2) is 5.81. The summed E-state index contributed by atoms with van der Waals surface area (Å²) in [7, 11) is 0. The average molecular weight is 276 g/mol. The smallest absolute Gasteiger partial charge is 0.410 e. The molecule has 0 radical (unpaired) electrons. The molecule has 0 spiro atoms. The zero-order chi connectivity index (χ0) is 14.8. The van der Waals surface area contributed by atoms with Gasteiger partial charge in [0.25, 0.3) is 0 Å². The molecule has 2 rings (SSSR count). The Labute approximate surface area is 121 Å². The second-order valence-electron chi connectivity index (χ2n) is 6.42. The van der Waals surface area contributed by atoms with Crippen molar-refractivity contribution < 1.29 is 9.53 Å². The average Bonchev–Trinajstić information content (AvgIpc) is 2.38. The van der Waals surface area contributed by atoms with E-state index in [-0.39, 0.29) is 12.1 Å². The van der Waals surface area contributed by atoms with Crippen LogP contribution < -0.4 is 0 Å². The van der Waals surface area contributed by atoms with Crippen molar-refractivity contribution >= 4 is 6.09 Å². The third-order valence-electron chi connectivity index (χ3n) is 3.45. The molecule has 1 fully saturated rings. The van der Waals surface area contributed by atoms with E-state index in [9.17, 15) is 4.79 Å². The van der Waals surface area contributed by atoms with Crippen molar-refractivity contribution in [2.75, 3.05) is 6.54 Å². The minimum atomic E-state index is -0.454. The molecule has 1 aromatic heterocycles. The lowest BCUT2D eigenvalue weighted by molar-refractivity contribution is 0.00948. The number of carbonyl (C=O) groups excluding carboxylic acids is 1. The lowest BCUT2D eigenvalue weighted by Crippen LogP contribution is -2.41. The summed E-state index contributed by atoms with van der Waals surface area (Å²) in [6, 6.07) is 4.15. The van der Waals surface area contributed by atoms with Crippen molar-refractivity contribution in [3.63, 3.8) is 0 Å². The standard InChI is InChI=1S/C16H24N2O2/c1-12-8-9-13(11-17-12)14-7-5-6-10-18(14)15(19)20-16(2,3)4/h8-9,11,14H,5-7,10H2,1-4H3/t14-/m0/s1. The maximum Gasteiger partial charge on any atom is 0.410 e. The van der Waals surface area contributed by atoms with Crippen molar-refractivity contribution in [1.82, 2.24) is 9.88 Å². The molecule has 0 bridgehead atoms. The van der Waals surface area contributed by atoms with Gasteiger partial charge in [-0.15, -0.1) is 0 Å². The fourth-order valence-corrected chi connectivity index (χ4v) is 2.49. The highest BCUT2D eigenvalue weighted by molar-refractivity contribution is 5.69. The molecule has 0 aliphatic carbocycles. The van der Waals surface area contributed by atoms with Crippen molar-refractivity contribution in [2.45, 2.75) is 58.6 Å². The molecule has 1 aromatic rings. The zero-order valence-corrected chi connectivity index (χ0v) is 12.8. The Hall–Kier alpha value is -1.58. The van der Waals surface area contributed by atoms with Crippen molar-refractivity contribution in [2.24, 2.45) is 0 Å². The Balaban J connectivity index is 2.16.